The summed E-state index contributed by atoms with van der Waals surface area (Å²) in [6.45, 7) is 0. The Morgan fingerprint density at radius 1 is 1.50 bits per heavy atom. The number of hydrogen-bond acceptors (Lipinski definition) is 7. The molecule has 9 heteroatoms. The Morgan fingerprint density at radius 2 is 2.25 bits per heavy atom. The molecule has 2 heterocycles. The highest BCUT2D eigenvalue weighted by atomic mass is 16.6. The zero-order valence-corrected chi connectivity index (χ0v) is 10.6. The second-order valence-electron chi connectivity index (χ2n) is 4.13. The van der Waals surface area contributed by atoms with Gasteiger partial charge in [0.2, 0.25) is 23.5 Å². The summed E-state index contributed by atoms with van der Waals surface area (Å²) in [7, 11) is 1.38. The first kappa shape index (κ1) is 13.7. The van der Waals surface area contributed by atoms with Crippen LogP contribution in [0.3, 0.4) is 0 Å². The van der Waals surface area contributed by atoms with E-state index in [-0.39, 0.29) is 36.1 Å². The number of piperidine rings is 1. The molecule has 1 unspecified atom stereocenters. The third-order valence-corrected chi connectivity index (χ3v) is 2.80. The van der Waals surface area contributed by atoms with Gasteiger partial charge in [0.25, 0.3) is 0 Å². The van der Waals surface area contributed by atoms with Gasteiger partial charge in [-0.05, 0) is 6.42 Å². The number of ether oxygens (including phenoxy) is 1. The minimum absolute atomic E-state index is 0.0659. The van der Waals surface area contributed by atoms with Crippen molar-refractivity contribution in [3.8, 4) is 5.88 Å². The van der Waals surface area contributed by atoms with Gasteiger partial charge in [-0.2, -0.15) is 4.98 Å². The normalized spacial score (nSPS) is 18.4. The van der Waals surface area contributed by atoms with Crippen molar-refractivity contribution < 1.29 is 19.2 Å². The number of rotatable bonds is 4. The van der Waals surface area contributed by atoms with Crippen LogP contribution in [0.5, 0.6) is 5.88 Å². The van der Waals surface area contributed by atoms with Crippen molar-refractivity contribution in [2.45, 2.75) is 18.9 Å². The van der Waals surface area contributed by atoms with Crippen LogP contribution >= 0.6 is 0 Å². The van der Waals surface area contributed by atoms with E-state index in [0.717, 1.165) is 0 Å². The second-order valence-corrected chi connectivity index (χ2v) is 4.13. The van der Waals surface area contributed by atoms with Gasteiger partial charge in [0.05, 0.1) is 12.0 Å². The van der Waals surface area contributed by atoms with Crippen molar-refractivity contribution in [1.82, 2.24) is 10.3 Å². The van der Waals surface area contributed by atoms with Gasteiger partial charge in [-0.25, -0.2) is 0 Å². The molecule has 1 saturated heterocycles. The average molecular weight is 280 g/mol. The van der Waals surface area contributed by atoms with E-state index >= 15 is 0 Å². The number of pyridine rings is 1. The fourth-order valence-corrected chi connectivity index (χ4v) is 1.80. The summed E-state index contributed by atoms with van der Waals surface area (Å²) in [5.41, 5.74) is -0.268. The van der Waals surface area contributed by atoms with Crippen molar-refractivity contribution in [3.05, 3.63) is 22.2 Å². The van der Waals surface area contributed by atoms with Gasteiger partial charge >= 0.3 is 5.69 Å². The molecule has 0 saturated carbocycles. The molecule has 2 rings (SSSR count). The highest BCUT2D eigenvalue weighted by Gasteiger charge is 2.29. The number of hydrogen-bond donors (Lipinski definition) is 2. The molecule has 0 radical (unpaired) electrons. The summed E-state index contributed by atoms with van der Waals surface area (Å²) in [6.07, 6.45) is 0.419. The first-order chi connectivity index (χ1) is 9.51. The number of nitrogens with zero attached hydrogens (tertiary/aromatic N) is 2. The quantitative estimate of drug-likeness (QED) is 0.459. The number of imide groups is 1. The monoisotopic (exact) mass is 280 g/mol. The van der Waals surface area contributed by atoms with Crippen LogP contribution in [0.4, 0.5) is 11.5 Å². The lowest BCUT2D eigenvalue weighted by Crippen LogP contribution is -2.47. The number of anilines is 1. The minimum Gasteiger partial charge on any atom is -0.481 e. The lowest BCUT2D eigenvalue weighted by atomic mass is 10.1. The number of aromatic nitrogens is 1. The number of carbonyl (C=O) groups excluding carboxylic acids is 2. The van der Waals surface area contributed by atoms with Gasteiger partial charge in [0.1, 0.15) is 6.04 Å². The van der Waals surface area contributed by atoms with Crippen molar-refractivity contribution in [2.75, 3.05) is 12.4 Å². The molecule has 1 atom stereocenters. The molecule has 106 valence electrons. The molecule has 1 fully saturated rings. The number of nitro groups is 1. The Bertz CT molecular complexity index is 574. The summed E-state index contributed by atoms with van der Waals surface area (Å²) in [5.74, 6) is -0.768. The molecule has 1 aliphatic heterocycles. The van der Waals surface area contributed by atoms with Gasteiger partial charge in [0.15, 0.2) is 0 Å². The molecule has 9 nitrogen and oxygen atoms in total. The molecule has 2 N–H and O–H groups in total. The van der Waals surface area contributed by atoms with Crippen LogP contribution in [0.15, 0.2) is 12.1 Å². The maximum absolute atomic E-state index is 11.6. The third-order valence-electron chi connectivity index (χ3n) is 2.80. The summed E-state index contributed by atoms with van der Waals surface area (Å²) in [6, 6.07) is 1.85. The molecular weight excluding hydrogens is 268 g/mol. The Morgan fingerprint density at radius 3 is 2.85 bits per heavy atom. The van der Waals surface area contributed by atoms with E-state index in [9.17, 15) is 19.7 Å². The minimum atomic E-state index is -0.744. The fourth-order valence-electron chi connectivity index (χ4n) is 1.80. The first-order valence-electron chi connectivity index (χ1n) is 5.81. The van der Waals surface area contributed by atoms with Crippen LogP contribution in [0.25, 0.3) is 0 Å². The fraction of sp³-hybridized carbons (Fsp3) is 0.364. The van der Waals surface area contributed by atoms with E-state index in [1.54, 1.807) is 0 Å². The van der Waals surface area contributed by atoms with Crippen molar-refractivity contribution >= 4 is 23.3 Å². The number of nitrogens with one attached hydrogen (secondary N) is 2. The van der Waals surface area contributed by atoms with E-state index in [4.69, 9.17) is 4.74 Å². The maximum Gasteiger partial charge on any atom is 0.311 e. The van der Waals surface area contributed by atoms with Crippen LogP contribution in [0.1, 0.15) is 12.8 Å². The molecule has 0 aliphatic carbocycles. The summed E-state index contributed by atoms with van der Waals surface area (Å²) >= 11 is 0. The van der Waals surface area contributed by atoms with Gasteiger partial charge in [0, 0.05) is 18.6 Å². The Balaban J connectivity index is 2.25. The highest BCUT2D eigenvalue weighted by molar-refractivity contribution is 6.01. The van der Waals surface area contributed by atoms with E-state index in [2.05, 4.69) is 15.6 Å². The van der Waals surface area contributed by atoms with Crippen molar-refractivity contribution in [3.63, 3.8) is 0 Å². The van der Waals surface area contributed by atoms with E-state index in [0.29, 0.717) is 0 Å². The van der Waals surface area contributed by atoms with Gasteiger partial charge in [-0.15, -0.1) is 0 Å². The Hall–Kier alpha value is -2.71. The van der Waals surface area contributed by atoms with Gasteiger partial charge in [-0.1, -0.05) is 0 Å². The number of carbonyl (C=O) groups is 2. The zero-order valence-electron chi connectivity index (χ0n) is 10.6. The SMILES string of the molecule is COc1ccc([N+](=O)[O-])c(NC2CCC(=O)NC2=O)n1. The van der Waals surface area contributed by atoms with Crippen LogP contribution < -0.4 is 15.4 Å². The molecule has 0 spiro atoms. The lowest BCUT2D eigenvalue weighted by Gasteiger charge is -2.22. The lowest BCUT2D eigenvalue weighted by molar-refractivity contribution is -0.384. The van der Waals surface area contributed by atoms with E-state index < -0.39 is 16.9 Å². The molecule has 1 aromatic heterocycles. The van der Waals surface area contributed by atoms with Crippen LogP contribution in [0.2, 0.25) is 0 Å². The van der Waals surface area contributed by atoms with Gasteiger partial charge < -0.3 is 10.1 Å². The third kappa shape index (κ3) is 2.82. The molecule has 2 amide bonds. The highest BCUT2D eigenvalue weighted by Crippen LogP contribution is 2.26. The first-order valence-corrected chi connectivity index (χ1v) is 5.81. The molecular formula is C11H12N4O5. The van der Waals surface area contributed by atoms with Gasteiger partial charge in [-0.3, -0.25) is 25.0 Å². The van der Waals surface area contributed by atoms with Crippen molar-refractivity contribution in [2.24, 2.45) is 0 Å². The molecule has 0 aromatic carbocycles. The molecule has 1 aliphatic rings. The van der Waals surface area contributed by atoms with Crippen LogP contribution in [-0.4, -0.2) is 34.9 Å². The van der Waals surface area contributed by atoms with E-state index in [1.807, 2.05) is 0 Å². The molecule has 1 aromatic rings. The summed E-state index contributed by atoms with van der Waals surface area (Å²) in [4.78, 5) is 36.9. The maximum atomic E-state index is 11.6. The number of amides is 2. The Labute approximate surface area is 113 Å². The molecule has 0 bridgehead atoms. The summed E-state index contributed by atoms with van der Waals surface area (Å²) < 4.78 is 4.89. The second kappa shape index (κ2) is 5.51. The van der Waals surface area contributed by atoms with Crippen LogP contribution in [0, 0.1) is 10.1 Å². The number of methoxy groups -OCH3 is 1. The largest absolute Gasteiger partial charge is 0.481 e. The topological polar surface area (TPSA) is 123 Å². The van der Waals surface area contributed by atoms with Crippen LogP contribution in [-0.2, 0) is 9.59 Å². The Kier molecular flexibility index (Phi) is 3.78. The zero-order chi connectivity index (χ0) is 14.7. The predicted molar refractivity (Wildman–Crippen MR) is 67.2 cm³/mol. The van der Waals surface area contributed by atoms with E-state index in [1.165, 1.54) is 19.2 Å². The average Bonchev–Trinajstić information content (AvgIpc) is 2.41. The molecule has 20 heavy (non-hydrogen) atoms. The smallest absolute Gasteiger partial charge is 0.311 e. The summed E-state index contributed by atoms with van der Waals surface area (Å²) in [5, 5.41) is 15.8. The standard InChI is InChI=1S/C11H12N4O5/c1-20-9-5-3-7(15(18)19)10(14-9)12-6-2-4-8(16)13-11(6)17/h3,5-6H,2,4H2,1H3,(H,12,14)(H,13,16,17). The van der Waals surface area contributed by atoms with Crippen molar-refractivity contribution in [1.29, 1.82) is 0 Å². The predicted octanol–water partition coefficient (Wildman–Crippen LogP) is 0.215.